The van der Waals surface area contributed by atoms with Crippen molar-refractivity contribution in [1.29, 1.82) is 5.26 Å². The summed E-state index contributed by atoms with van der Waals surface area (Å²) >= 11 is 1.12. The molecule has 3 aromatic rings. The number of thiazole rings is 1. The molecule has 0 bridgehead atoms. The van der Waals surface area contributed by atoms with Crippen molar-refractivity contribution in [3.8, 4) is 28.1 Å². The number of halogens is 2. The Balaban J connectivity index is 1.72. The number of esters is 1. The van der Waals surface area contributed by atoms with Crippen LogP contribution < -0.4 is 9.47 Å². The van der Waals surface area contributed by atoms with Crippen LogP contribution >= 0.6 is 11.3 Å². The Bertz CT molecular complexity index is 1340. The van der Waals surface area contributed by atoms with Gasteiger partial charge in [0.05, 0.1) is 24.3 Å². The first-order valence-electron chi connectivity index (χ1n) is 11.5. The van der Waals surface area contributed by atoms with Crippen molar-refractivity contribution in [3.05, 3.63) is 76.8 Å². The molecule has 0 aliphatic rings. The molecule has 0 spiro atoms. The van der Waals surface area contributed by atoms with Crippen LogP contribution in [0.2, 0.25) is 0 Å². The van der Waals surface area contributed by atoms with E-state index in [1.54, 1.807) is 25.1 Å². The van der Waals surface area contributed by atoms with Crippen LogP contribution in [0.5, 0.6) is 11.5 Å². The van der Waals surface area contributed by atoms with Crippen LogP contribution in [0, 0.1) is 24.2 Å². The van der Waals surface area contributed by atoms with E-state index in [1.165, 1.54) is 24.3 Å². The number of hydrogen-bond acceptors (Lipinski definition) is 7. The number of benzene rings is 2. The van der Waals surface area contributed by atoms with E-state index in [2.05, 4.69) is 17.6 Å². The van der Waals surface area contributed by atoms with Crippen molar-refractivity contribution >= 4 is 23.1 Å². The summed E-state index contributed by atoms with van der Waals surface area (Å²) in [4.78, 5) is 29.7. The topological polar surface area (TPSA) is 89.3 Å². The van der Waals surface area contributed by atoms with Crippen molar-refractivity contribution < 1.29 is 27.8 Å². The normalized spacial score (nSPS) is 11.2. The monoisotopic (exact) mass is 524 g/mol. The second-order valence-electron chi connectivity index (χ2n) is 8.82. The number of alkyl halides is 2. The Morgan fingerprint density at radius 1 is 1.22 bits per heavy atom. The molecule has 1 heterocycles. The molecule has 2 aromatic carbocycles. The number of hydrogen-bond donors (Lipinski definition) is 0. The van der Waals surface area contributed by atoms with Gasteiger partial charge in [0.1, 0.15) is 27.5 Å². The smallest absolute Gasteiger partial charge is 0.355 e. The second-order valence-corrected chi connectivity index (χ2v) is 9.82. The number of ketones is 1. The lowest BCUT2D eigenvalue weighted by Crippen LogP contribution is -2.20. The van der Waals surface area contributed by atoms with Gasteiger partial charge < -0.3 is 9.47 Å². The number of allylic oxidation sites excluding steroid dienone is 1. The van der Waals surface area contributed by atoms with E-state index >= 15 is 0 Å². The number of carbonyl (C=O) groups is 2. The van der Waals surface area contributed by atoms with Gasteiger partial charge in [-0.1, -0.05) is 19.9 Å². The second kappa shape index (κ2) is 11.9. The molecule has 1 aromatic heterocycles. The summed E-state index contributed by atoms with van der Waals surface area (Å²) < 4.78 is 38.5. The maximum atomic E-state index is 13.7. The van der Waals surface area contributed by atoms with Crippen molar-refractivity contribution in [2.75, 3.05) is 6.61 Å². The van der Waals surface area contributed by atoms with Gasteiger partial charge in [-0.2, -0.15) is 5.26 Å². The van der Waals surface area contributed by atoms with Gasteiger partial charge in [0, 0.05) is 17.5 Å². The molecule has 0 saturated heterocycles. The van der Waals surface area contributed by atoms with Gasteiger partial charge in [-0.25, -0.2) is 18.6 Å². The number of aryl methyl sites for hydroxylation is 1. The third-order valence-electron chi connectivity index (χ3n) is 5.15. The van der Waals surface area contributed by atoms with Crippen molar-refractivity contribution in [3.63, 3.8) is 0 Å². The summed E-state index contributed by atoms with van der Waals surface area (Å²) in [5.41, 5.74) is 1.58. The minimum Gasteiger partial charge on any atom is -0.492 e. The van der Waals surface area contributed by atoms with E-state index in [1.807, 2.05) is 13.8 Å². The standard InChI is InChI=1S/C28H26F2N2O4S/c1-5-12-28(29,30)14-23(33)19-6-9-22(10-7-19)36-27(34)25-18(4)32-26(37-25)20-8-11-24(21(13-20)15-31)35-16-17(2)3/h5-11,13,17H,1,12,14,16H2,2-4H3. The highest BCUT2D eigenvalue weighted by Crippen LogP contribution is 2.32. The first-order chi connectivity index (χ1) is 17.5. The summed E-state index contributed by atoms with van der Waals surface area (Å²) in [5, 5.41) is 10.1. The van der Waals surface area contributed by atoms with Crippen LogP contribution in [0.15, 0.2) is 55.1 Å². The molecule has 0 aliphatic heterocycles. The lowest BCUT2D eigenvalue weighted by molar-refractivity contribution is 0.000354. The molecule has 0 aliphatic carbocycles. The van der Waals surface area contributed by atoms with Crippen molar-refractivity contribution in [1.82, 2.24) is 4.98 Å². The molecular formula is C28H26F2N2O4S. The maximum absolute atomic E-state index is 13.7. The molecule has 9 heteroatoms. The first kappa shape index (κ1) is 27.7. The number of ether oxygens (including phenoxy) is 2. The van der Waals surface area contributed by atoms with Crippen LogP contribution in [-0.4, -0.2) is 29.3 Å². The highest BCUT2D eigenvalue weighted by atomic mass is 32.1. The number of rotatable bonds is 11. The Morgan fingerprint density at radius 3 is 2.54 bits per heavy atom. The zero-order valence-electron chi connectivity index (χ0n) is 20.7. The summed E-state index contributed by atoms with van der Waals surface area (Å²) in [6.07, 6.45) is -0.444. The third-order valence-corrected chi connectivity index (χ3v) is 6.34. The van der Waals surface area contributed by atoms with Gasteiger partial charge >= 0.3 is 5.97 Å². The summed E-state index contributed by atoms with van der Waals surface area (Å²) in [7, 11) is 0. The van der Waals surface area contributed by atoms with Crippen LogP contribution in [0.3, 0.4) is 0 Å². The highest BCUT2D eigenvalue weighted by molar-refractivity contribution is 7.17. The molecule has 6 nitrogen and oxygen atoms in total. The Kier molecular flexibility index (Phi) is 8.90. The van der Waals surface area contributed by atoms with Crippen LogP contribution in [0.1, 0.15) is 58.0 Å². The maximum Gasteiger partial charge on any atom is 0.355 e. The van der Waals surface area contributed by atoms with E-state index in [0.717, 1.165) is 17.4 Å². The molecular weight excluding hydrogens is 498 g/mol. The van der Waals surface area contributed by atoms with Gasteiger partial charge in [0.2, 0.25) is 0 Å². The number of aromatic nitrogens is 1. The van der Waals surface area contributed by atoms with E-state index in [0.29, 0.717) is 40.1 Å². The van der Waals surface area contributed by atoms with E-state index < -0.39 is 30.5 Å². The summed E-state index contributed by atoms with van der Waals surface area (Å²) in [5.74, 6) is -3.57. The predicted octanol–water partition coefficient (Wildman–Crippen LogP) is 7.03. The van der Waals surface area contributed by atoms with Crippen LogP contribution in [0.25, 0.3) is 10.6 Å². The SMILES string of the molecule is C=CCC(F)(F)CC(=O)c1ccc(OC(=O)c2sc(-c3ccc(OCC(C)C)c(C#N)c3)nc2C)cc1. The third kappa shape index (κ3) is 7.30. The molecule has 0 radical (unpaired) electrons. The fourth-order valence-electron chi connectivity index (χ4n) is 3.32. The average molecular weight is 525 g/mol. The van der Waals surface area contributed by atoms with E-state index in [4.69, 9.17) is 9.47 Å². The quantitative estimate of drug-likeness (QED) is 0.116. The molecule has 192 valence electrons. The van der Waals surface area contributed by atoms with Gasteiger partial charge in [-0.3, -0.25) is 4.79 Å². The molecule has 37 heavy (non-hydrogen) atoms. The number of nitriles is 1. The van der Waals surface area contributed by atoms with Gasteiger partial charge in [0.15, 0.2) is 5.78 Å². The minimum absolute atomic E-state index is 0.0916. The lowest BCUT2D eigenvalue weighted by Gasteiger charge is -2.13. The predicted molar refractivity (Wildman–Crippen MR) is 137 cm³/mol. The van der Waals surface area contributed by atoms with E-state index in [-0.39, 0.29) is 16.2 Å². The van der Waals surface area contributed by atoms with Crippen LogP contribution in [0.4, 0.5) is 8.78 Å². The first-order valence-corrected chi connectivity index (χ1v) is 12.3. The fourth-order valence-corrected chi connectivity index (χ4v) is 4.26. The lowest BCUT2D eigenvalue weighted by atomic mass is 10.0. The van der Waals surface area contributed by atoms with Crippen molar-refractivity contribution in [2.45, 2.75) is 39.5 Å². The Morgan fingerprint density at radius 2 is 1.92 bits per heavy atom. The number of carbonyl (C=O) groups excluding carboxylic acids is 2. The van der Waals surface area contributed by atoms with Crippen molar-refractivity contribution in [2.24, 2.45) is 5.92 Å². The van der Waals surface area contributed by atoms with Gasteiger partial charge in [0.25, 0.3) is 5.92 Å². The largest absolute Gasteiger partial charge is 0.492 e. The zero-order valence-corrected chi connectivity index (χ0v) is 21.5. The highest BCUT2D eigenvalue weighted by Gasteiger charge is 2.31. The molecule has 0 unspecified atom stereocenters. The minimum atomic E-state index is -3.17. The number of nitrogens with zero attached hydrogens (tertiary/aromatic N) is 2. The number of Topliss-reactive ketones (excluding diaryl/α,β-unsaturated/α-hetero) is 1. The zero-order chi connectivity index (χ0) is 27.2. The van der Waals surface area contributed by atoms with Gasteiger partial charge in [-0.15, -0.1) is 17.9 Å². The van der Waals surface area contributed by atoms with Gasteiger partial charge in [-0.05, 0) is 55.3 Å². The molecule has 0 N–H and O–H groups in total. The fraction of sp³-hybridized carbons (Fsp3) is 0.286. The Labute approximate surface area is 218 Å². The van der Waals surface area contributed by atoms with Crippen LogP contribution in [-0.2, 0) is 0 Å². The molecule has 0 atom stereocenters. The Hall–Kier alpha value is -3.90. The molecule has 0 amide bonds. The molecule has 0 fully saturated rings. The summed E-state index contributed by atoms with van der Waals surface area (Å²) in [6.45, 7) is 9.46. The molecule has 0 saturated carbocycles. The average Bonchev–Trinajstić information content (AvgIpc) is 3.24. The molecule has 3 rings (SSSR count). The summed E-state index contributed by atoms with van der Waals surface area (Å²) in [6, 6.07) is 12.7. The van der Waals surface area contributed by atoms with E-state index in [9.17, 15) is 23.6 Å².